The van der Waals surface area contributed by atoms with Crippen LogP contribution in [0.2, 0.25) is 0 Å². The van der Waals surface area contributed by atoms with E-state index in [1.54, 1.807) is 0 Å². The van der Waals surface area contributed by atoms with E-state index < -0.39 is 5.54 Å². The first-order valence-electron chi connectivity index (χ1n) is 8.31. The first kappa shape index (κ1) is 16.0. The third-order valence-corrected chi connectivity index (χ3v) is 4.49. The summed E-state index contributed by atoms with van der Waals surface area (Å²) in [5.41, 5.74) is 2.36. The van der Waals surface area contributed by atoms with Gasteiger partial charge in [-0.25, -0.2) is 4.98 Å². The maximum Gasteiger partial charge on any atom is 0.106 e. The lowest BCUT2D eigenvalue weighted by Gasteiger charge is -2.23. The molecule has 116 valence electrons. The molecule has 1 aliphatic rings. The molecule has 0 bridgehead atoms. The lowest BCUT2D eigenvalue weighted by molar-refractivity contribution is 0.391. The Morgan fingerprint density at radius 2 is 2.14 bits per heavy atom. The summed E-state index contributed by atoms with van der Waals surface area (Å²) in [6.45, 7) is 8.14. The highest BCUT2D eigenvalue weighted by molar-refractivity contribution is 5.19. The summed E-state index contributed by atoms with van der Waals surface area (Å²) in [7, 11) is 0. The van der Waals surface area contributed by atoms with Crippen LogP contribution in [0.15, 0.2) is 0 Å². The minimum Gasteiger partial charge on any atom is -0.332 e. The van der Waals surface area contributed by atoms with E-state index in [2.05, 4.69) is 29.8 Å². The van der Waals surface area contributed by atoms with Gasteiger partial charge >= 0.3 is 0 Å². The molecule has 0 radical (unpaired) electrons. The molecule has 0 aliphatic heterocycles. The van der Waals surface area contributed by atoms with Crippen molar-refractivity contribution in [2.75, 3.05) is 6.54 Å². The number of hydrogen-bond donors (Lipinski definition) is 1. The zero-order valence-corrected chi connectivity index (χ0v) is 13.7. The van der Waals surface area contributed by atoms with Crippen molar-refractivity contribution >= 4 is 0 Å². The Balaban J connectivity index is 1.94. The third-order valence-electron chi connectivity index (χ3n) is 4.49. The van der Waals surface area contributed by atoms with E-state index in [-0.39, 0.29) is 0 Å². The molecule has 1 heterocycles. The Morgan fingerprint density at radius 1 is 1.38 bits per heavy atom. The summed E-state index contributed by atoms with van der Waals surface area (Å²) in [6.07, 6.45) is 7.83. The van der Waals surface area contributed by atoms with Crippen LogP contribution in [0.4, 0.5) is 0 Å². The van der Waals surface area contributed by atoms with E-state index in [0.717, 1.165) is 44.6 Å². The Kier molecular flexibility index (Phi) is 5.41. The Morgan fingerprint density at radius 3 is 2.86 bits per heavy atom. The van der Waals surface area contributed by atoms with E-state index in [4.69, 9.17) is 4.98 Å². The number of rotatable bonds is 7. The molecule has 0 fully saturated rings. The van der Waals surface area contributed by atoms with Crippen LogP contribution in [0.3, 0.4) is 0 Å². The lowest BCUT2D eigenvalue weighted by atomic mass is 9.97. The quantitative estimate of drug-likeness (QED) is 0.838. The van der Waals surface area contributed by atoms with Crippen molar-refractivity contribution in [1.29, 1.82) is 5.26 Å². The number of fused-ring (bicyclic) bond motifs is 1. The number of imidazole rings is 1. The molecule has 1 aliphatic carbocycles. The monoisotopic (exact) mass is 288 g/mol. The molecule has 4 nitrogen and oxygen atoms in total. The van der Waals surface area contributed by atoms with E-state index >= 15 is 0 Å². The Bertz CT molecular complexity index is 512. The molecule has 4 heteroatoms. The molecule has 0 aromatic carbocycles. The van der Waals surface area contributed by atoms with Crippen LogP contribution >= 0.6 is 0 Å². The summed E-state index contributed by atoms with van der Waals surface area (Å²) in [5, 5.41) is 12.8. The zero-order chi connectivity index (χ0) is 15.3. The number of hydrogen-bond acceptors (Lipinski definition) is 3. The third kappa shape index (κ3) is 3.85. The first-order chi connectivity index (χ1) is 10.1. The normalized spacial score (nSPS) is 17.0. The molecule has 21 heavy (non-hydrogen) atoms. The molecule has 1 N–H and O–H groups in total. The van der Waals surface area contributed by atoms with Crippen molar-refractivity contribution < 1.29 is 0 Å². The van der Waals surface area contributed by atoms with Crippen molar-refractivity contribution in [2.24, 2.45) is 0 Å². The summed E-state index contributed by atoms with van der Waals surface area (Å²) in [6, 6.07) is 2.43. The number of aromatic nitrogens is 2. The van der Waals surface area contributed by atoms with Crippen LogP contribution in [-0.4, -0.2) is 21.6 Å². The van der Waals surface area contributed by atoms with Crippen molar-refractivity contribution in [3.8, 4) is 6.07 Å². The van der Waals surface area contributed by atoms with Gasteiger partial charge in [0.1, 0.15) is 11.4 Å². The smallest absolute Gasteiger partial charge is 0.106 e. The molecule has 0 amide bonds. The van der Waals surface area contributed by atoms with Gasteiger partial charge in [0, 0.05) is 12.2 Å². The van der Waals surface area contributed by atoms with Gasteiger partial charge in [0.15, 0.2) is 0 Å². The van der Waals surface area contributed by atoms with Crippen LogP contribution in [0.1, 0.15) is 63.2 Å². The topological polar surface area (TPSA) is 53.6 Å². The van der Waals surface area contributed by atoms with Crippen LogP contribution < -0.4 is 5.32 Å². The summed E-state index contributed by atoms with van der Waals surface area (Å²) in [5.74, 6) is 1.14. The van der Waals surface area contributed by atoms with Crippen molar-refractivity contribution in [1.82, 2.24) is 14.9 Å². The van der Waals surface area contributed by atoms with Crippen LogP contribution in [-0.2, 0) is 19.4 Å². The zero-order valence-electron chi connectivity index (χ0n) is 13.7. The van der Waals surface area contributed by atoms with Crippen LogP contribution in [0.25, 0.3) is 0 Å². The van der Waals surface area contributed by atoms with Gasteiger partial charge in [-0.15, -0.1) is 0 Å². The Labute approximate surface area is 128 Å². The highest BCUT2D eigenvalue weighted by Crippen LogP contribution is 2.23. The molecule has 1 aromatic rings. The van der Waals surface area contributed by atoms with Gasteiger partial charge in [-0.2, -0.15) is 5.26 Å². The highest BCUT2D eigenvalue weighted by Gasteiger charge is 2.23. The fraction of sp³-hybridized carbons (Fsp3) is 0.765. The SMILES string of the molecule is CCCNC(C)(C#N)CCCn1c(C)nc2c1CCCC2. The van der Waals surface area contributed by atoms with Gasteiger partial charge in [-0.1, -0.05) is 6.92 Å². The molecule has 0 saturated heterocycles. The molecule has 1 atom stereocenters. The van der Waals surface area contributed by atoms with Gasteiger partial charge < -0.3 is 4.57 Å². The van der Waals surface area contributed by atoms with E-state index in [9.17, 15) is 5.26 Å². The fourth-order valence-corrected chi connectivity index (χ4v) is 3.21. The molecular formula is C17H28N4. The van der Waals surface area contributed by atoms with Gasteiger partial charge in [-0.3, -0.25) is 5.32 Å². The maximum absolute atomic E-state index is 9.38. The van der Waals surface area contributed by atoms with Gasteiger partial charge in [0.25, 0.3) is 0 Å². The van der Waals surface area contributed by atoms with Gasteiger partial charge in [0.2, 0.25) is 0 Å². The van der Waals surface area contributed by atoms with Crippen LogP contribution in [0, 0.1) is 18.3 Å². The molecule has 2 rings (SSSR count). The summed E-state index contributed by atoms with van der Waals surface area (Å²) in [4.78, 5) is 4.72. The van der Waals surface area contributed by atoms with Gasteiger partial charge in [-0.05, 0) is 65.3 Å². The van der Waals surface area contributed by atoms with Crippen molar-refractivity contribution in [2.45, 2.75) is 77.8 Å². The second-order valence-corrected chi connectivity index (χ2v) is 6.39. The minimum atomic E-state index is -0.398. The minimum absolute atomic E-state index is 0.398. The number of nitrogens with zero attached hydrogens (tertiary/aromatic N) is 3. The van der Waals surface area contributed by atoms with Crippen molar-refractivity contribution in [3.05, 3.63) is 17.2 Å². The predicted molar refractivity (Wildman–Crippen MR) is 85.2 cm³/mol. The van der Waals surface area contributed by atoms with E-state index in [1.165, 1.54) is 30.7 Å². The second kappa shape index (κ2) is 7.09. The molecule has 0 saturated carbocycles. The van der Waals surface area contributed by atoms with E-state index in [1.807, 2.05) is 6.92 Å². The summed E-state index contributed by atoms with van der Waals surface area (Å²) < 4.78 is 2.38. The van der Waals surface area contributed by atoms with Crippen molar-refractivity contribution in [3.63, 3.8) is 0 Å². The molecular weight excluding hydrogens is 260 g/mol. The number of nitriles is 1. The average Bonchev–Trinajstić information content (AvgIpc) is 2.81. The molecule has 1 aromatic heterocycles. The number of aryl methyl sites for hydroxylation is 2. The lowest BCUT2D eigenvalue weighted by Crippen LogP contribution is -2.41. The maximum atomic E-state index is 9.38. The highest BCUT2D eigenvalue weighted by atomic mass is 15.1. The van der Waals surface area contributed by atoms with Gasteiger partial charge in [0.05, 0.1) is 11.8 Å². The largest absolute Gasteiger partial charge is 0.332 e. The Hall–Kier alpha value is -1.34. The fourth-order valence-electron chi connectivity index (χ4n) is 3.21. The second-order valence-electron chi connectivity index (χ2n) is 6.39. The molecule has 1 unspecified atom stereocenters. The van der Waals surface area contributed by atoms with E-state index in [0.29, 0.717) is 0 Å². The average molecular weight is 288 g/mol. The molecule has 0 spiro atoms. The standard InChI is InChI=1S/C17H28N4/c1-4-11-19-17(3,13-18)10-7-12-21-14(2)20-15-8-5-6-9-16(15)21/h19H,4-12H2,1-3H3. The summed E-state index contributed by atoms with van der Waals surface area (Å²) >= 11 is 0. The predicted octanol–water partition coefficient (Wildman–Crippen LogP) is 3.13. The van der Waals surface area contributed by atoms with Crippen LogP contribution in [0.5, 0.6) is 0 Å². The first-order valence-corrected chi connectivity index (χ1v) is 8.31. The number of nitrogens with one attached hydrogen (secondary N) is 1.